The molecule has 5 heteroatoms. The molecule has 0 aromatic carbocycles. The minimum atomic E-state index is 0.110. The molecule has 0 spiro atoms. The maximum Gasteiger partial charge on any atom is 0.0702 e. The topological polar surface area (TPSA) is 41.3 Å². The van der Waals surface area contributed by atoms with Gasteiger partial charge >= 0.3 is 0 Å². The Morgan fingerprint density at radius 2 is 2.47 bits per heavy atom. The molecule has 2 atom stereocenters. The zero-order valence-corrected chi connectivity index (χ0v) is 11.1. The number of likely N-dealkylation sites (N-methyl/N-ethyl adjacent to an activating group) is 1. The monoisotopic (exact) mass is 289 g/mol. The maximum atomic E-state index is 6.28. The highest BCUT2D eigenvalue weighted by Gasteiger charge is 2.26. The zero-order chi connectivity index (χ0) is 10.8. The molecule has 1 aromatic heterocycles. The van der Waals surface area contributed by atoms with Crippen LogP contribution in [-0.2, 0) is 0 Å². The van der Waals surface area contributed by atoms with Gasteiger partial charge in [0.2, 0.25) is 0 Å². The highest BCUT2D eigenvalue weighted by molar-refractivity contribution is 9.11. The van der Waals surface area contributed by atoms with Crippen molar-refractivity contribution >= 4 is 27.3 Å². The molecule has 0 radical (unpaired) electrons. The molecule has 3 N–H and O–H groups in total. The first-order valence-electron chi connectivity index (χ1n) is 5.10. The van der Waals surface area contributed by atoms with Crippen LogP contribution in [0.1, 0.15) is 10.9 Å². The van der Waals surface area contributed by atoms with E-state index in [0.717, 1.165) is 23.4 Å². The summed E-state index contributed by atoms with van der Waals surface area (Å²) in [5.74, 6) is 0. The molecule has 15 heavy (non-hydrogen) atoms. The second-order valence-corrected chi connectivity index (χ2v) is 6.41. The van der Waals surface area contributed by atoms with Crippen LogP contribution in [0.15, 0.2) is 15.9 Å². The largest absolute Gasteiger partial charge is 0.322 e. The molecule has 2 heterocycles. The van der Waals surface area contributed by atoms with Crippen LogP contribution in [0, 0.1) is 0 Å². The quantitative estimate of drug-likeness (QED) is 0.865. The van der Waals surface area contributed by atoms with Crippen LogP contribution in [0.2, 0.25) is 0 Å². The van der Waals surface area contributed by atoms with Gasteiger partial charge in [-0.3, -0.25) is 4.90 Å². The molecule has 1 fully saturated rings. The van der Waals surface area contributed by atoms with E-state index in [1.165, 1.54) is 4.88 Å². The summed E-state index contributed by atoms with van der Waals surface area (Å²) in [6.45, 7) is 3.12. The molecule has 1 aromatic rings. The first kappa shape index (κ1) is 11.5. The molecule has 2 rings (SSSR count). The van der Waals surface area contributed by atoms with Gasteiger partial charge < -0.3 is 11.1 Å². The van der Waals surface area contributed by atoms with Gasteiger partial charge in [0.1, 0.15) is 0 Å². The summed E-state index contributed by atoms with van der Waals surface area (Å²) in [6.07, 6.45) is 0. The lowest BCUT2D eigenvalue weighted by atomic mass is 10.0. The summed E-state index contributed by atoms with van der Waals surface area (Å²) >= 11 is 5.20. The average molecular weight is 290 g/mol. The molecule has 1 aliphatic heterocycles. The summed E-state index contributed by atoms with van der Waals surface area (Å²) in [4.78, 5) is 3.59. The van der Waals surface area contributed by atoms with Gasteiger partial charge in [0.15, 0.2) is 0 Å². The van der Waals surface area contributed by atoms with E-state index in [9.17, 15) is 0 Å². The van der Waals surface area contributed by atoms with E-state index in [1.54, 1.807) is 11.3 Å². The molecule has 1 saturated heterocycles. The van der Waals surface area contributed by atoms with Crippen molar-refractivity contribution in [3.8, 4) is 0 Å². The molecule has 0 amide bonds. The van der Waals surface area contributed by atoms with Crippen molar-refractivity contribution in [1.82, 2.24) is 10.2 Å². The predicted molar refractivity (Wildman–Crippen MR) is 68.2 cm³/mol. The lowest BCUT2D eigenvalue weighted by molar-refractivity contribution is 0.175. The van der Waals surface area contributed by atoms with Crippen molar-refractivity contribution in [2.24, 2.45) is 5.73 Å². The average Bonchev–Trinajstić information content (AvgIpc) is 2.65. The Balaban J connectivity index is 2.09. The highest BCUT2D eigenvalue weighted by Crippen LogP contribution is 2.29. The second kappa shape index (κ2) is 4.93. The molecule has 0 saturated carbocycles. The van der Waals surface area contributed by atoms with Crippen LogP contribution in [-0.4, -0.2) is 37.6 Å². The van der Waals surface area contributed by atoms with Crippen molar-refractivity contribution in [1.29, 1.82) is 0 Å². The fourth-order valence-corrected chi connectivity index (χ4v) is 3.41. The van der Waals surface area contributed by atoms with Gasteiger partial charge in [-0.15, -0.1) is 11.3 Å². The van der Waals surface area contributed by atoms with E-state index in [-0.39, 0.29) is 6.04 Å². The van der Waals surface area contributed by atoms with E-state index in [4.69, 9.17) is 5.73 Å². The van der Waals surface area contributed by atoms with Crippen LogP contribution in [0.4, 0.5) is 0 Å². The summed E-state index contributed by atoms with van der Waals surface area (Å²) in [5, 5.41) is 3.39. The zero-order valence-electron chi connectivity index (χ0n) is 8.74. The van der Waals surface area contributed by atoms with Crippen LogP contribution in [0.5, 0.6) is 0 Å². The van der Waals surface area contributed by atoms with E-state index in [0.29, 0.717) is 6.04 Å². The van der Waals surface area contributed by atoms with E-state index < -0.39 is 0 Å². The van der Waals surface area contributed by atoms with Crippen LogP contribution >= 0.6 is 27.3 Å². The maximum absolute atomic E-state index is 6.28. The number of nitrogens with zero attached hydrogens (tertiary/aromatic N) is 1. The third-order valence-corrected chi connectivity index (χ3v) is 4.62. The number of nitrogens with two attached hydrogens (primary N) is 1. The Bertz CT molecular complexity index is 328. The minimum absolute atomic E-state index is 0.110. The van der Waals surface area contributed by atoms with Crippen molar-refractivity contribution in [3.63, 3.8) is 0 Å². The number of hydrogen-bond donors (Lipinski definition) is 2. The fourth-order valence-electron chi connectivity index (χ4n) is 1.93. The van der Waals surface area contributed by atoms with E-state index in [1.807, 2.05) is 0 Å². The number of nitrogens with one attached hydrogen (secondary N) is 1. The first-order valence-corrected chi connectivity index (χ1v) is 6.71. The normalized spacial score (nSPS) is 25.4. The Morgan fingerprint density at radius 1 is 1.67 bits per heavy atom. The van der Waals surface area contributed by atoms with Crippen LogP contribution in [0.25, 0.3) is 0 Å². The third kappa shape index (κ3) is 2.60. The Labute approximate surface area is 103 Å². The number of piperazine rings is 1. The molecule has 84 valence electrons. The Kier molecular flexibility index (Phi) is 3.79. The lowest BCUT2D eigenvalue weighted by Gasteiger charge is -2.36. The van der Waals surface area contributed by atoms with Crippen molar-refractivity contribution in [2.75, 3.05) is 26.7 Å². The SMILES string of the molecule is CN1CCNCC1C(N)c1ccc(Br)s1. The molecule has 1 aliphatic rings. The molecular weight excluding hydrogens is 274 g/mol. The Hall–Kier alpha value is 0.0600. The highest BCUT2D eigenvalue weighted by atomic mass is 79.9. The summed E-state index contributed by atoms with van der Waals surface area (Å²) < 4.78 is 1.15. The molecule has 2 unspecified atom stereocenters. The van der Waals surface area contributed by atoms with E-state index in [2.05, 4.69) is 45.3 Å². The van der Waals surface area contributed by atoms with Crippen LogP contribution < -0.4 is 11.1 Å². The van der Waals surface area contributed by atoms with Gasteiger partial charge in [0.05, 0.1) is 9.83 Å². The van der Waals surface area contributed by atoms with Crippen LogP contribution in [0.3, 0.4) is 0 Å². The molecule has 0 aliphatic carbocycles. The van der Waals surface area contributed by atoms with Gasteiger partial charge in [-0.1, -0.05) is 0 Å². The second-order valence-electron chi connectivity index (χ2n) is 3.92. The standard InChI is InChI=1S/C10H16BrN3S/c1-14-5-4-13-6-7(14)10(12)8-2-3-9(11)15-8/h2-3,7,10,13H,4-6,12H2,1H3. The number of rotatable bonds is 2. The van der Waals surface area contributed by atoms with E-state index >= 15 is 0 Å². The smallest absolute Gasteiger partial charge is 0.0702 e. The van der Waals surface area contributed by atoms with Gasteiger partial charge in [-0.2, -0.15) is 0 Å². The summed E-state index contributed by atoms with van der Waals surface area (Å²) in [7, 11) is 2.15. The fraction of sp³-hybridized carbons (Fsp3) is 0.600. The Morgan fingerprint density at radius 3 is 3.07 bits per heavy atom. The van der Waals surface area contributed by atoms with Crippen molar-refractivity contribution in [3.05, 3.63) is 20.8 Å². The molecule has 0 bridgehead atoms. The lowest BCUT2D eigenvalue weighted by Crippen LogP contribution is -2.53. The van der Waals surface area contributed by atoms with Gasteiger partial charge in [-0.25, -0.2) is 0 Å². The third-order valence-electron chi connectivity index (χ3n) is 2.90. The molecule has 3 nitrogen and oxygen atoms in total. The summed E-state index contributed by atoms with van der Waals surface area (Å²) in [6, 6.07) is 4.70. The number of hydrogen-bond acceptors (Lipinski definition) is 4. The molecular formula is C10H16BrN3S. The van der Waals surface area contributed by atoms with Crippen molar-refractivity contribution < 1.29 is 0 Å². The van der Waals surface area contributed by atoms with Crippen molar-refractivity contribution in [2.45, 2.75) is 12.1 Å². The minimum Gasteiger partial charge on any atom is -0.322 e. The number of halogens is 1. The van der Waals surface area contributed by atoms with Gasteiger partial charge in [0.25, 0.3) is 0 Å². The summed E-state index contributed by atoms with van der Waals surface area (Å²) in [5.41, 5.74) is 6.28. The predicted octanol–water partition coefficient (Wildman–Crippen LogP) is 1.41. The van der Waals surface area contributed by atoms with Gasteiger partial charge in [0, 0.05) is 30.6 Å². The van der Waals surface area contributed by atoms with Gasteiger partial charge in [-0.05, 0) is 35.1 Å². The first-order chi connectivity index (χ1) is 7.18. The number of thiophene rings is 1.